The second-order valence-electron chi connectivity index (χ2n) is 8.28. The van der Waals surface area contributed by atoms with Crippen LogP contribution in [-0.4, -0.2) is 45.7 Å². The minimum Gasteiger partial charge on any atom is -0.486 e. The first-order valence-corrected chi connectivity index (χ1v) is 10.7. The summed E-state index contributed by atoms with van der Waals surface area (Å²) in [6, 6.07) is 13.2. The summed E-state index contributed by atoms with van der Waals surface area (Å²) in [4.78, 5) is 25.5. The Morgan fingerprint density at radius 1 is 1.03 bits per heavy atom. The van der Waals surface area contributed by atoms with E-state index in [0.717, 1.165) is 27.5 Å². The third kappa shape index (κ3) is 5.98. The highest BCUT2D eigenvalue weighted by Crippen LogP contribution is 2.34. The smallest absolute Gasteiger partial charge is 0.275 e. The second kappa shape index (κ2) is 10.3. The van der Waals surface area contributed by atoms with Gasteiger partial charge in [0.05, 0.1) is 13.1 Å². The summed E-state index contributed by atoms with van der Waals surface area (Å²) in [7, 11) is 3.60. The van der Waals surface area contributed by atoms with Gasteiger partial charge in [0.2, 0.25) is 0 Å². The molecule has 0 saturated carbocycles. The van der Waals surface area contributed by atoms with Crippen LogP contribution in [-0.2, 0) is 11.3 Å². The predicted molar refractivity (Wildman–Crippen MR) is 118 cm³/mol. The maximum Gasteiger partial charge on any atom is 0.275 e. The highest BCUT2D eigenvalue weighted by atomic mass is 16.6. The van der Waals surface area contributed by atoms with Gasteiger partial charge in [0.25, 0.3) is 11.8 Å². The molecule has 0 aromatic heterocycles. The summed E-state index contributed by atoms with van der Waals surface area (Å²) < 4.78 is 11.3. The number of quaternary nitrogens is 1. The zero-order valence-electron chi connectivity index (χ0n) is 18.7. The van der Waals surface area contributed by atoms with E-state index in [1.807, 2.05) is 37.4 Å². The van der Waals surface area contributed by atoms with E-state index in [0.29, 0.717) is 31.9 Å². The Labute approximate surface area is 183 Å². The number of benzene rings is 2. The Morgan fingerprint density at radius 3 is 2.35 bits per heavy atom. The molecule has 0 bridgehead atoms. The fraction of sp³-hybridized carbons (Fsp3) is 0.417. The average Bonchev–Trinajstić information content (AvgIpc) is 2.76. The molecule has 3 N–H and O–H groups in total. The van der Waals surface area contributed by atoms with E-state index in [-0.39, 0.29) is 23.8 Å². The molecular formula is C24H32N3O4+. The van der Waals surface area contributed by atoms with E-state index in [4.69, 9.17) is 9.47 Å². The molecular weight excluding hydrogens is 394 g/mol. The van der Waals surface area contributed by atoms with E-state index >= 15 is 0 Å². The fourth-order valence-corrected chi connectivity index (χ4v) is 3.72. The predicted octanol–water partition coefficient (Wildman–Crippen LogP) is 1.35. The average molecular weight is 427 g/mol. The van der Waals surface area contributed by atoms with Crippen LogP contribution in [0.25, 0.3) is 0 Å². The van der Waals surface area contributed by atoms with Crippen molar-refractivity contribution in [1.29, 1.82) is 0 Å². The monoisotopic (exact) mass is 426 g/mol. The van der Waals surface area contributed by atoms with Crippen LogP contribution < -0.4 is 25.0 Å². The molecule has 1 aliphatic heterocycles. The van der Waals surface area contributed by atoms with Gasteiger partial charge in [-0.15, -0.1) is 0 Å². The molecule has 166 valence electrons. The number of rotatable bonds is 8. The lowest BCUT2D eigenvalue weighted by Gasteiger charge is -2.26. The minimum atomic E-state index is -0.108. The van der Waals surface area contributed by atoms with Crippen molar-refractivity contribution in [2.75, 3.05) is 33.9 Å². The number of ether oxygens (including phenoxy) is 2. The molecule has 3 rings (SSSR count). The summed E-state index contributed by atoms with van der Waals surface area (Å²) in [5.74, 6) is 1.59. The minimum absolute atomic E-state index is 0.00642. The van der Waals surface area contributed by atoms with Gasteiger partial charge in [-0.2, -0.15) is 0 Å². The van der Waals surface area contributed by atoms with Gasteiger partial charge < -0.3 is 25.0 Å². The Balaban J connectivity index is 1.59. The number of carbonyl (C=O) groups is 2. The molecule has 2 aromatic carbocycles. The first-order chi connectivity index (χ1) is 14.9. The molecule has 1 aliphatic rings. The van der Waals surface area contributed by atoms with Crippen LogP contribution in [0.2, 0.25) is 0 Å². The number of amides is 2. The summed E-state index contributed by atoms with van der Waals surface area (Å²) in [5.41, 5.74) is 2.71. The summed E-state index contributed by atoms with van der Waals surface area (Å²) >= 11 is 0. The van der Waals surface area contributed by atoms with Crippen LogP contribution in [0, 0.1) is 5.92 Å². The Kier molecular flexibility index (Phi) is 7.52. The lowest BCUT2D eigenvalue weighted by molar-refractivity contribution is -0.885. The Bertz CT molecular complexity index is 912. The van der Waals surface area contributed by atoms with Crippen molar-refractivity contribution < 1.29 is 24.0 Å². The topological polar surface area (TPSA) is 81.1 Å². The molecule has 0 aliphatic carbocycles. The van der Waals surface area contributed by atoms with Gasteiger partial charge in [-0.3, -0.25) is 9.59 Å². The number of hydrogen-bond acceptors (Lipinski definition) is 4. The van der Waals surface area contributed by atoms with Crippen molar-refractivity contribution in [3.63, 3.8) is 0 Å². The van der Waals surface area contributed by atoms with E-state index in [1.54, 1.807) is 19.2 Å². The van der Waals surface area contributed by atoms with Crippen LogP contribution in [0.5, 0.6) is 11.5 Å². The van der Waals surface area contributed by atoms with Crippen molar-refractivity contribution in [3.8, 4) is 11.5 Å². The van der Waals surface area contributed by atoms with Gasteiger partial charge in [-0.1, -0.05) is 32.0 Å². The molecule has 0 spiro atoms. The summed E-state index contributed by atoms with van der Waals surface area (Å²) in [6.45, 7) is 6.31. The van der Waals surface area contributed by atoms with Crippen molar-refractivity contribution in [1.82, 2.24) is 10.6 Å². The van der Waals surface area contributed by atoms with Gasteiger partial charge in [0.1, 0.15) is 19.8 Å². The van der Waals surface area contributed by atoms with Gasteiger partial charge >= 0.3 is 0 Å². The molecule has 2 amide bonds. The first-order valence-electron chi connectivity index (χ1n) is 10.7. The quantitative estimate of drug-likeness (QED) is 0.595. The number of hydrogen-bond donors (Lipinski definition) is 3. The van der Waals surface area contributed by atoms with Gasteiger partial charge in [-0.25, -0.2) is 0 Å². The molecule has 0 saturated heterocycles. The van der Waals surface area contributed by atoms with Crippen molar-refractivity contribution in [2.45, 2.75) is 26.4 Å². The zero-order valence-corrected chi connectivity index (χ0v) is 18.7. The number of nitrogens with one attached hydrogen (secondary N) is 3. The van der Waals surface area contributed by atoms with E-state index in [2.05, 4.69) is 24.5 Å². The molecule has 1 heterocycles. The number of likely N-dealkylation sites (N-methyl/N-ethyl adjacent to an activating group) is 1. The highest BCUT2D eigenvalue weighted by Gasteiger charge is 2.23. The van der Waals surface area contributed by atoms with Crippen LogP contribution in [0.15, 0.2) is 42.5 Å². The normalized spacial score (nSPS) is 14.6. The van der Waals surface area contributed by atoms with Crippen LogP contribution >= 0.6 is 0 Å². The van der Waals surface area contributed by atoms with Crippen LogP contribution in [0.4, 0.5) is 0 Å². The molecule has 2 atom stereocenters. The largest absolute Gasteiger partial charge is 0.486 e. The van der Waals surface area contributed by atoms with Gasteiger partial charge in [-0.05, 0) is 35.7 Å². The zero-order chi connectivity index (χ0) is 22.4. The van der Waals surface area contributed by atoms with Gasteiger partial charge in [0.15, 0.2) is 18.0 Å². The lowest BCUT2D eigenvalue weighted by atomic mass is 9.95. The SMILES string of the molecule is CNC(=O)c1ccc(C[NH+](C)CC(=O)N[C@@H](c2ccc3c(c2)OCCO3)C(C)C)cc1. The number of fused-ring (bicyclic) bond motifs is 1. The van der Waals surface area contributed by atoms with E-state index < -0.39 is 0 Å². The van der Waals surface area contributed by atoms with Crippen LogP contribution in [0.3, 0.4) is 0 Å². The standard InChI is InChI=1S/C24H31N3O4/c1-16(2)23(19-9-10-20-21(13-19)31-12-11-30-20)26-22(28)15-27(4)14-17-5-7-18(8-6-17)24(29)25-3/h5-10,13,16,23H,11-12,14-15H2,1-4H3,(H,25,29)(H,26,28)/p+1/t23-/m1/s1. The van der Waals surface area contributed by atoms with Gasteiger partial charge in [0, 0.05) is 18.2 Å². The molecule has 2 aromatic rings. The van der Waals surface area contributed by atoms with Crippen LogP contribution in [0.1, 0.15) is 41.4 Å². The van der Waals surface area contributed by atoms with Crippen molar-refractivity contribution >= 4 is 11.8 Å². The molecule has 31 heavy (non-hydrogen) atoms. The van der Waals surface area contributed by atoms with Crippen molar-refractivity contribution in [2.24, 2.45) is 5.92 Å². The Hall–Kier alpha value is -3.06. The maximum absolute atomic E-state index is 12.8. The maximum atomic E-state index is 12.8. The lowest BCUT2D eigenvalue weighted by Crippen LogP contribution is -3.08. The fourth-order valence-electron chi connectivity index (χ4n) is 3.72. The first kappa shape index (κ1) is 22.6. The second-order valence-corrected chi connectivity index (χ2v) is 8.28. The summed E-state index contributed by atoms with van der Waals surface area (Å²) in [6.07, 6.45) is 0. The van der Waals surface area contributed by atoms with E-state index in [9.17, 15) is 9.59 Å². The molecule has 0 fully saturated rings. The summed E-state index contributed by atoms with van der Waals surface area (Å²) in [5, 5.41) is 5.79. The Morgan fingerprint density at radius 2 is 1.71 bits per heavy atom. The third-order valence-corrected chi connectivity index (χ3v) is 5.32. The number of carbonyl (C=O) groups excluding carboxylic acids is 2. The molecule has 7 heteroatoms. The molecule has 0 radical (unpaired) electrons. The third-order valence-electron chi connectivity index (χ3n) is 5.32. The molecule has 1 unspecified atom stereocenters. The van der Waals surface area contributed by atoms with E-state index in [1.165, 1.54) is 0 Å². The highest BCUT2D eigenvalue weighted by molar-refractivity contribution is 5.93. The molecule has 7 nitrogen and oxygen atoms in total. The van der Waals surface area contributed by atoms with Crippen molar-refractivity contribution in [3.05, 3.63) is 59.2 Å².